The molecule has 2 aliphatic rings. The van der Waals surface area contributed by atoms with Crippen LogP contribution in [-0.2, 0) is 18.8 Å². The first-order valence-corrected chi connectivity index (χ1v) is 12.7. The third-order valence-corrected chi connectivity index (χ3v) is 6.80. The summed E-state index contributed by atoms with van der Waals surface area (Å²) >= 11 is 0. The Morgan fingerprint density at radius 2 is 1.61 bits per heavy atom. The summed E-state index contributed by atoms with van der Waals surface area (Å²) in [5, 5.41) is 2.74. The third-order valence-electron chi connectivity index (χ3n) is 6.80. The highest BCUT2D eigenvalue weighted by atomic mass is 16.7. The maximum atomic E-state index is 13.1. The summed E-state index contributed by atoms with van der Waals surface area (Å²) in [6.45, 7) is 18.2. The minimum Gasteiger partial charge on any atom is -0.460 e. The van der Waals surface area contributed by atoms with Gasteiger partial charge in [-0.15, -0.1) is 0 Å². The maximum absolute atomic E-state index is 13.1. The lowest BCUT2D eigenvalue weighted by Gasteiger charge is -2.35. The molecule has 2 saturated heterocycles. The molecule has 200 valence electrons. The Morgan fingerprint density at radius 3 is 2.08 bits per heavy atom. The zero-order chi connectivity index (χ0) is 26.9. The average molecular weight is 504 g/mol. The molecule has 0 saturated carbocycles. The lowest BCUT2D eigenvalue weighted by Crippen LogP contribution is -2.54. The van der Waals surface area contributed by atoms with E-state index in [4.69, 9.17) is 18.8 Å². The fourth-order valence-electron chi connectivity index (χ4n) is 3.98. The molecule has 0 aromatic carbocycles. The maximum Gasteiger partial charge on any atom is 0.498 e. The van der Waals surface area contributed by atoms with Crippen molar-refractivity contribution in [3.8, 4) is 6.01 Å². The van der Waals surface area contributed by atoms with Crippen molar-refractivity contribution in [2.75, 3.05) is 13.1 Å². The summed E-state index contributed by atoms with van der Waals surface area (Å²) in [4.78, 5) is 35.8. The summed E-state index contributed by atoms with van der Waals surface area (Å²) < 4.78 is 23.4. The molecule has 2 aliphatic heterocycles. The van der Waals surface area contributed by atoms with Crippen molar-refractivity contribution < 1.29 is 28.4 Å². The monoisotopic (exact) mass is 504 g/mol. The summed E-state index contributed by atoms with van der Waals surface area (Å²) in [6, 6.07) is -0.366. The van der Waals surface area contributed by atoms with Crippen molar-refractivity contribution in [2.45, 2.75) is 104 Å². The number of aromatic nitrogens is 2. The Morgan fingerprint density at radius 1 is 1.08 bits per heavy atom. The number of likely N-dealkylation sites (tertiary alicyclic amines) is 1. The van der Waals surface area contributed by atoms with E-state index in [0.717, 1.165) is 5.46 Å². The Labute approximate surface area is 215 Å². The minimum atomic E-state index is -0.650. The van der Waals surface area contributed by atoms with E-state index in [0.29, 0.717) is 25.9 Å². The van der Waals surface area contributed by atoms with Crippen LogP contribution in [0, 0.1) is 5.92 Å². The molecule has 0 bridgehead atoms. The van der Waals surface area contributed by atoms with Crippen LogP contribution < -0.4 is 15.5 Å². The fraction of sp³-hybridized carbons (Fsp3) is 0.760. The molecule has 1 aromatic heterocycles. The first-order chi connectivity index (χ1) is 16.6. The van der Waals surface area contributed by atoms with Crippen molar-refractivity contribution in [1.82, 2.24) is 20.2 Å². The number of hydrogen-bond acceptors (Lipinski definition) is 8. The standard InChI is InChI=1S/C25H41BN4O6/c1-16(2)19(29-22(32)34-23(3,4)5)20(31)30-12-10-18(11-13-30)33-21-27-14-17(15-28-21)26-35-24(6,7)25(8,9)36-26/h14-16,18-19H,10-13H2,1-9H3,(H,29,32)/t19-/m0/s1. The van der Waals surface area contributed by atoms with Gasteiger partial charge in [-0.3, -0.25) is 4.79 Å². The van der Waals surface area contributed by atoms with Crippen LogP contribution in [0.1, 0.15) is 75.2 Å². The number of rotatable bonds is 6. The van der Waals surface area contributed by atoms with Crippen LogP contribution in [0.2, 0.25) is 0 Å². The number of carbonyl (C=O) groups excluding carboxylic acids is 2. The Kier molecular flexibility index (Phi) is 8.25. The summed E-state index contributed by atoms with van der Waals surface area (Å²) in [7, 11) is -0.526. The van der Waals surface area contributed by atoms with E-state index in [1.807, 2.05) is 41.5 Å². The number of piperidine rings is 1. The number of carbonyl (C=O) groups is 2. The molecule has 0 radical (unpaired) electrons. The SMILES string of the molecule is CC(C)[C@H](NC(=O)OC(C)(C)C)C(=O)N1CCC(Oc2ncc(B3OC(C)(C)C(C)(C)O3)cn2)CC1. The van der Waals surface area contributed by atoms with E-state index in [-0.39, 0.29) is 23.9 Å². The smallest absolute Gasteiger partial charge is 0.460 e. The number of ether oxygens (including phenoxy) is 2. The number of alkyl carbamates (subject to hydrolysis) is 1. The molecular formula is C25H41BN4O6. The van der Waals surface area contributed by atoms with Gasteiger partial charge >= 0.3 is 19.2 Å². The highest BCUT2D eigenvalue weighted by Crippen LogP contribution is 2.36. The summed E-state index contributed by atoms with van der Waals surface area (Å²) in [6.07, 6.45) is 3.93. The topological polar surface area (TPSA) is 112 Å². The van der Waals surface area contributed by atoms with Gasteiger partial charge in [0, 0.05) is 43.8 Å². The van der Waals surface area contributed by atoms with Crippen molar-refractivity contribution in [1.29, 1.82) is 0 Å². The Bertz CT molecular complexity index is 907. The van der Waals surface area contributed by atoms with Gasteiger partial charge in [-0.05, 0) is 54.4 Å². The molecule has 0 spiro atoms. The largest absolute Gasteiger partial charge is 0.498 e. The van der Waals surface area contributed by atoms with Gasteiger partial charge < -0.3 is 29.0 Å². The van der Waals surface area contributed by atoms with Crippen LogP contribution in [-0.4, -0.2) is 76.0 Å². The Balaban J connectivity index is 1.51. The molecule has 1 aromatic rings. The molecule has 2 amide bonds. The van der Waals surface area contributed by atoms with Gasteiger partial charge in [0.2, 0.25) is 5.91 Å². The lowest BCUT2D eigenvalue weighted by molar-refractivity contribution is -0.136. The van der Waals surface area contributed by atoms with Gasteiger partial charge in [0.1, 0.15) is 17.7 Å². The van der Waals surface area contributed by atoms with Crippen LogP contribution in [0.15, 0.2) is 12.4 Å². The first kappa shape index (κ1) is 28.2. The highest BCUT2D eigenvalue weighted by molar-refractivity contribution is 6.61. The summed E-state index contributed by atoms with van der Waals surface area (Å²) in [5.41, 5.74) is -0.766. The van der Waals surface area contributed by atoms with E-state index < -0.39 is 36.1 Å². The predicted octanol–water partition coefficient (Wildman–Crippen LogP) is 2.69. The van der Waals surface area contributed by atoms with Crippen molar-refractivity contribution in [2.24, 2.45) is 5.92 Å². The van der Waals surface area contributed by atoms with Gasteiger partial charge in [0.05, 0.1) is 11.2 Å². The molecule has 10 nitrogen and oxygen atoms in total. The third kappa shape index (κ3) is 6.88. The average Bonchev–Trinajstić information content (AvgIpc) is 2.98. The minimum absolute atomic E-state index is 0.0742. The number of hydrogen-bond donors (Lipinski definition) is 1. The quantitative estimate of drug-likeness (QED) is 0.589. The second kappa shape index (κ2) is 10.5. The van der Waals surface area contributed by atoms with E-state index in [1.54, 1.807) is 38.1 Å². The van der Waals surface area contributed by atoms with Gasteiger partial charge in [-0.2, -0.15) is 0 Å². The summed E-state index contributed by atoms with van der Waals surface area (Å²) in [5.74, 6) is -0.188. The van der Waals surface area contributed by atoms with Gasteiger partial charge in [0.15, 0.2) is 0 Å². The van der Waals surface area contributed by atoms with Gasteiger partial charge in [0.25, 0.3) is 0 Å². The van der Waals surface area contributed by atoms with Gasteiger partial charge in [-0.25, -0.2) is 14.8 Å². The van der Waals surface area contributed by atoms with E-state index in [2.05, 4.69) is 15.3 Å². The number of amides is 2. The predicted molar refractivity (Wildman–Crippen MR) is 136 cm³/mol. The second-order valence-electron chi connectivity index (χ2n) is 11.9. The van der Waals surface area contributed by atoms with Crippen molar-refractivity contribution >= 4 is 24.6 Å². The van der Waals surface area contributed by atoms with Crippen molar-refractivity contribution in [3.63, 3.8) is 0 Å². The van der Waals surface area contributed by atoms with Crippen molar-refractivity contribution in [3.05, 3.63) is 12.4 Å². The molecule has 3 rings (SSSR count). The molecule has 3 heterocycles. The van der Waals surface area contributed by atoms with E-state index in [9.17, 15) is 9.59 Å². The van der Waals surface area contributed by atoms with Crippen LogP contribution in [0.3, 0.4) is 0 Å². The van der Waals surface area contributed by atoms with Crippen LogP contribution in [0.4, 0.5) is 4.79 Å². The Hall–Kier alpha value is -2.40. The molecule has 2 fully saturated rings. The van der Waals surface area contributed by atoms with Crippen LogP contribution in [0.5, 0.6) is 6.01 Å². The molecule has 11 heteroatoms. The molecule has 0 unspecified atom stereocenters. The van der Waals surface area contributed by atoms with Crippen LogP contribution >= 0.6 is 0 Å². The van der Waals surface area contributed by atoms with Crippen LogP contribution in [0.25, 0.3) is 0 Å². The number of nitrogens with zero attached hydrogens (tertiary/aromatic N) is 3. The fourth-order valence-corrected chi connectivity index (χ4v) is 3.98. The molecule has 36 heavy (non-hydrogen) atoms. The molecule has 1 atom stereocenters. The van der Waals surface area contributed by atoms with E-state index in [1.165, 1.54) is 0 Å². The second-order valence-corrected chi connectivity index (χ2v) is 11.9. The normalized spacial score (nSPS) is 20.8. The van der Waals surface area contributed by atoms with E-state index >= 15 is 0 Å². The number of nitrogens with one attached hydrogen (secondary N) is 1. The highest BCUT2D eigenvalue weighted by Gasteiger charge is 2.52. The molecule has 1 N–H and O–H groups in total. The zero-order valence-corrected chi connectivity index (χ0v) is 23.1. The van der Waals surface area contributed by atoms with Gasteiger partial charge in [-0.1, -0.05) is 13.8 Å². The lowest BCUT2D eigenvalue weighted by atomic mass is 9.81. The zero-order valence-electron chi connectivity index (χ0n) is 23.1. The first-order valence-electron chi connectivity index (χ1n) is 12.7. The molecular weight excluding hydrogens is 463 g/mol. The molecule has 0 aliphatic carbocycles.